The standard InChI is InChI=1S/C11H16N2O3S/c1-11(2,8-17(14,15)16)13-10(12)9-6-4-3-5-7-9/h3-7H,8H2,1-2H3,(H2,12,13)(H,14,15,16). The summed E-state index contributed by atoms with van der Waals surface area (Å²) in [5.74, 6) is -0.215. The minimum atomic E-state index is -4.07. The molecule has 0 bridgehead atoms. The molecule has 0 saturated heterocycles. The Bertz CT molecular complexity index is 507. The van der Waals surface area contributed by atoms with E-state index in [0.29, 0.717) is 0 Å². The van der Waals surface area contributed by atoms with Crippen LogP contribution in [-0.4, -0.2) is 30.1 Å². The van der Waals surface area contributed by atoms with Crippen molar-refractivity contribution in [3.05, 3.63) is 35.9 Å². The summed E-state index contributed by atoms with van der Waals surface area (Å²) in [6, 6.07) is 9.03. The summed E-state index contributed by atoms with van der Waals surface area (Å²) in [6.07, 6.45) is 0. The van der Waals surface area contributed by atoms with Gasteiger partial charge in [0.1, 0.15) is 11.6 Å². The lowest BCUT2D eigenvalue weighted by atomic mass is 10.1. The Hall–Kier alpha value is -1.40. The van der Waals surface area contributed by atoms with Gasteiger partial charge in [0, 0.05) is 5.56 Å². The molecule has 6 heteroatoms. The van der Waals surface area contributed by atoms with Crippen LogP contribution in [0.15, 0.2) is 35.3 Å². The van der Waals surface area contributed by atoms with Crippen molar-refractivity contribution in [3.8, 4) is 0 Å². The van der Waals surface area contributed by atoms with Crippen LogP contribution in [0.2, 0.25) is 0 Å². The van der Waals surface area contributed by atoms with E-state index in [0.717, 1.165) is 5.56 Å². The van der Waals surface area contributed by atoms with Gasteiger partial charge in [-0.15, -0.1) is 0 Å². The normalized spacial score (nSPS) is 13.7. The first-order valence-electron chi connectivity index (χ1n) is 5.05. The number of hydrogen-bond acceptors (Lipinski definition) is 3. The van der Waals surface area contributed by atoms with Crippen molar-refractivity contribution in [2.24, 2.45) is 10.7 Å². The van der Waals surface area contributed by atoms with Gasteiger partial charge in [0.15, 0.2) is 0 Å². The van der Waals surface area contributed by atoms with Crippen LogP contribution in [0.25, 0.3) is 0 Å². The molecule has 0 radical (unpaired) electrons. The summed E-state index contributed by atoms with van der Waals surface area (Å²) < 4.78 is 30.4. The smallest absolute Gasteiger partial charge is 0.267 e. The minimum Gasteiger partial charge on any atom is -0.383 e. The van der Waals surface area contributed by atoms with E-state index in [1.165, 1.54) is 0 Å². The molecule has 1 rings (SSSR count). The van der Waals surface area contributed by atoms with Gasteiger partial charge >= 0.3 is 0 Å². The second-order valence-electron chi connectivity index (χ2n) is 4.40. The first-order chi connectivity index (χ1) is 7.70. The van der Waals surface area contributed by atoms with Gasteiger partial charge in [0.25, 0.3) is 10.1 Å². The number of aliphatic imine (C=N–C) groups is 1. The van der Waals surface area contributed by atoms with Crippen molar-refractivity contribution in [1.82, 2.24) is 0 Å². The molecule has 0 atom stereocenters. The molecule has 3 N–H and O–H groups in total. The van der Waals surface area contributed by atoms with Crippen LogP contribution in [-0.2, 0) is 10.1 Å². The number of rotatable bonds is 4. The van der Waals surface area contributed by atoms with Gasteiger partial charge in [-0.05, 0) is 13.8 Å². The predicted molar refractivity (Wildman–Crippen MR) is 67.7 cm³/mol. The summed E-state index contributed by atoms with van der Waals surface area (Å²) >= 11 is 0. The molecule has 0 unspecified atom stereocenters. The fourth-order valence-corrected chi connectivity index (χ4v) is 2.44. The van der Waals surface area contributed by atoms with Crippen LogP contribution in [0, 0.1) is 0 Å². The molecule has 0 fully saturated rings. The summed E-state index contributed by atoms with van der Waals surface area (Å²) in [6.45, 7) is 3.19. The SMILES string of the molecule is CC(C)(CS(=O)(=O)O)N=C(N)c1ccccc1. The molecular formula is C11H16N2O3S. The van der Waals surface area contributed by atoms with E-state index in [-0.39, 0.29) is 5.84 Å². The third-order valence-electron chi connectivity index (χ3n) is 2.03. The molecule has 1 aromatic rings. The summed E-state index contributed by atoms with van der Waals surface area (Å²) in [5.41, 5.74) is 5.53. The van der Waals surface area contributed by atoms with Gasteiger partial charge < -0.3 is 5.73 Å². The fourth-order valence-electron chi connectivity index (χ4n) is 1.48. The lowest BCUT2D eigenvalue weighted by Gasteiger charge is -2.18. The van der Waals surface area contributed by atoms with Crippen LogP contribution < -0.4 is 5.73 Å². The molecule has 0 heterocycles. The second-order valence-corrected chi connectivity index (χ2v) is 5.85. The van der Waals surface area contributed by atoms with Crippen molar-refractivity contribution in [3.63, 3.8) is 0 Å². The Morgan fingerprint density at radius 2 is 1.88 bits per heavy atom. The van der Waals surface area contributed by atoms with Crippen LogP contribution in [0.5, 0.6) is 0 Å². The zero-order chi connectivity index (χ0) is 13.1. The second kappa shape index (κ2) is 4.85. The first-order valence-corrected chi connectivity index (χ1v) is 6.66. The number of nitrogens with zero attached hydrogens (tertiary/aromatic N) is 1. The molecule has 0 aliphatic heterocycles. The van der Waals surface area contributed by atoms with Gasteiger partial charge in [-0.2, -0.15) is 8.42 Å². The van der Waals surface area contributed by atoms with E-state index in [1.54, 1.807) is 26.0 Å². The van der Waals surface area contributed by atoms with Crippen LogP contribution in [0.1, 0.15) is 19.4 Å². The van der Waals surface area contributed by atoms with E-state index in [2.05, 4.69) is 4.99 Å². The lowest BCUT2D eigenvalue weighted by Crippen LogP contribution is -2.31. The van der Waals surface area contributed by atoms with Crippen LogP contribution in [0.3, 0.4) is 0 Å². The average molecular weight is 256 g/mol. The quantitative estimate of drug-likeness (QED) is 0.478. The zero-order valence-corrected chi connectivity index (χ0v) is 10.6. The maximum absolute atomic E-state index is 10.8. The van der Waals surface area contributed by atoms with Crippen LogP contribution >= 0.6 is 0 Å². The van der Waals surface area contributed by atoms with Gasteiger partial charge in [-0.25, -0.2) is 0 Å². The number of hydrogen-bond donors (Lipinski definition) is 2. The highest BCUT2D eigenvalue weighted by Crippen LogP contribution is 2.13. The Balaban J connectivity index is 2.95. The van der Waals surface area contributed by atoms with Gasteiger partial charge in [-0.3, -0.25) is 9.55 Å². The number of amidine groups is 1. The van der Waals surface area contributed by atoms with E-state index in [1.807, 2.05) is 18.2 Å². The minimum absolute atomic E-state index is 0.249. The van der Waals surface area contributed by atoms with Gasteiger partial charge in [0.05, 0.1) is 5.54 Å². The highest BCUT2D eigenvalue weighted by Gasteiger charge is 2.24. The molecular weight excluding hydrogens is 240 g/mol. The lowest BCUT2D eigenvalue weighted by molar-refractivity contribution is 0.461. The molecule has 17 heavy (non-hydrogen) atoms. The highest BCUT2D eigenvalue weighted by molar-refractivity contribution is 7.85. The van der Waals surface area contributed by atoms with Crippen LogP contribution in [0.4, 0.5) is 0 Å². The van der Waals surface area contributed by atoms with E-state index in [4.69, 9.17) is 10.3 Å². The van der Waals surface area contributed by atoms with Crippen molar-refractivity contribution in [2.45, 2.75) is 19.4 Å². The molecule has 0 saturated carbocycles. The first kappa shape index (κ1) is 13.7. The number of nitrogens with two attached hydrogens (primary N) is 1. The predicted octanol–water partition coefficient (Wildman–Crippen LogP) is 1.06. The topological polar surface area (TPSA) is 92.8 Å². The average Bonchev–Trinajstić information content (AvgIpc) is 2.14. The Morgan fingerprint density at radius 1 is 1.35 bits per heavy atom. The molecule has 0 amide bonds. The third kappa shape index (κ3) is 4.97. The molecule has 0 aliphatic carbocycles. The molecule has 1 aromatic carbocycles. The van der Waals surface area contributed by atoms with E-state index < -0.39 is 21.4 Å². The van der Waals surface area contributed by atoms with Gasteiger partial charge in [0.2, 0.25) is 0 Å². The maximum atomic E-state index is 10.8. The van der Waals surface area contributed by atoms with Crippen molar-refractivity contribution in [1.29, 1.82) is 0 Å². The molecule has 5 nitrogen and oxygen atoms in total. The molecule has 94 valence electrons. The molecule has 0 spiro atoms. The van der Waals surface area contributed by atoms with Gasteiger partial charge in [-0.1, -0.05) is 30.3 Å². The fraction of sp³-hybridized carbons (Fsp3) is 0.364. The summed E-state index contributed by atoms with van der Waals surface area (Å²) in [7, 11) is -4.07. The highest BCUT2D eigenvalue weighted by atomic mass is 32.2. The Morgan fingerprint density at radius 3 is 2.35 bits per heavy atom. The van der Waals surface area contributed by atoms with E-state index in [9.17, 15) is 8.42 Å². The maximum Gasteiger partial charge on any atom is 0.267 e. The summed E-state index contributed by atoms with van der Waals surface area (Å²) in [5, 5.41) is 0. The largest absolute Gasteiger partial charge is 0.383 e. The molecule has 0 aliphatic rings. The van der Waals surface area contributed by atoms with Crippen molar-refractivity contribution < 1.29 is 13.0 Å². The Kier molecular flexibility index (Phi) is 3.90. The Labute approximate surface area is 101 Å². The molecule has 0 aromatic heterocycles. The van der Waals surface area contributed by atoms with E-state index >= 15 is 0 Å². The monoisotopic (exact) mass is 256 g/mol. The third-order valence-corrected chi connectivity index (χ3v) is 3.10. The zero-order valence-electron chi connectivity index (χ0n) is 9.79. The van der Waals surface area contributed by atoms with Crippen molar-refractivity contribution in [2.75, 3.05) is 5.75 Å². The van der Waals surface area contributed by atoms with Crippen molar-refractivity contribution >= 4 is 16.0 Å². The summed E-state index contributed by atoms with van der Waals surface area (Å²) in [4.78, 5) is 4.12. The number of benzene rings is 1.